The fourth-order valence-electron chi connectivity index (χ4n) is 2.47. The highest BCUT2D eigenvalue weighted by Gasteiger charge is 2.11. The highest BCUT2D eigenvalue weighted by molar-refractivity contribution is 6.39. The fraction of sp³-hybridized carbons (Fsp3) is 0.158. The van der Waals surface area contributed by atoms with Crippen LogP contribution in [0.2, 0.25) is 10.0 Å². The van der Waals surface area contributed by atoms with E-state index in [1.807, 2.05) is 24.3 Å². The van der Waals surface area contributed by atoms with Gasteiger partial charge in [0.1, 0.15) is 5.82 Å². The Kier molecular flexibility index (Phi) is 5.74. The summed E-state index contributed by atoms with van der Waals surface area (Å²) in [5.74, 6) is 1.30. The number of hydrogen-bond acceptors (Lipinski definition) is 4. The van der Waals surface area contributed by atoms with Crippen LogP contribution in [0.3, 0.4) is 0 Å². The Bertz CT molecular complexity index is 820. The van der Waals surface area contributed by atoms with Gasteiger partial charge in [-0.1, -0.05) is 59.6 Å². The van der Waals surface area contributed by atoms with E-state index in [1.165, 1.54) is 5.56 Å². The molecule has 0 saturated heterocycles. The molecule has 0 fully saturated rings. The molecular weight excluding hydrogens is 355 g/mol. The molecule has 0 atom stereocenters. The fourth-order valence-corrected chi connectivity index (χ4v) is 2.97. The monoisotopic (exact) mass is 372 g/mol. The van der Waals surface area contributed by atoms with Gasteiger partial charge in [-0.2, -0.15) is 4.98 Å². The van der Waals surface area contributed by atoms with Crippen molar-refractivity contribution >= 4 is 40.7 Å². The SMILES string of the molecule is CCN(Cc1ccccc1)c1ccnc(Nc2c(Cl)cccc2Cl)n1. The van der Waals surface area contributed by atoms with Gasteiger partial charge in [-0.15, -0.1) is 0 Å². The van der Waals surface area contributed by atoms with Crippen molar-refractivity contribution in [1.29, 1.82) is 0 Å². The second-order valence-corrected chi connectivity index (χ2v) is 6.27. The summed E-state index contributed by atoms with van der Waals surface area (Å²) in [4.78, 5) is 11.1. The van der Waals surface area contributed by atoms with Crippen molar-refractivity contribution in [2.24, 2.45) is 0 Å². The van der Waals surface area contributed by atoms with E-state index in [2.05, 4.69) is 39.2 Å². The molecule has 25 heavy (non-hydrogen) atoms. The number of nitrogens with zero attached hydrogens (tertiary/aromatic N) is 3. The van der Waals surface area contributed by atoms with Gasteiger partial charge in [-0.3, -0.25) is 0 Å². The third-order valence-electron chi connectivity index (χ3n) is 3.76. The maximum absolute atomic E-state index is 6.20. The van der Waals surface area contributed by atoms with E-state index >= 15 is 0 Å². The molecule has 6 heteroatoms. The summed E-state index contributed by atoms with van der Waals surface area (Å²) in [6.45, 7) is 3.71. The van der Waals surface area contributed by atoms with E-state index < -0.39 is 0 Å². The van der Waals surface area contributed by atoms with Crippen LogP contribution in [-0.4, -0.2) is 16.5 Å². The zero-order chi connectivity index (χ0) is 17.6. The van der Waals surface area contributed by atoms with Gasteiger partial charge in [-0.25, -0.2) is 4.98 Å². The molecule has 0 amide bonds. The summed E-state index contributed by atoms with van der Waals surface area (Å²) >= 11 is 12.4. The summed E-state index contributed by atoms with van der Waals surface area (Å²) in [5, 5.41) is 4.16. The average molecular weight is 373 g/mol. The molecule has 0 aliphatic rings. The Balaban J connectivity index is 1.83. The van der Waals surface area contributed by atoms with Gasteiger partial charge in [0, 0.05) is 19.3 Å². The van der Waals surface area contributed by atoms with Crippen molar-refractivity contribution in [2.75, 3.05) is 16.8 Å². The van der Waals surface area contributed by atoms with Crippen LogP contribution < -0.4 is 10.2 Å². The van der Waals surface area contributed by atoms with Gasteiger partial charge in [0.15, 0.2) is 0 Å². The van der Waals surface area contributed by atoms with Crippen LogP contribution in [0.15, 0.2) is 60.8 Å². The predicted octanol–water partition coefficient (Wildman–Crippen LogP) is 5.55. The lowest BCUT2D eigenvalue weighted by Gasteiger charge is -2.22. The standard InChI is InChI=1S/C19H18Cl2N4/c1-2-25(13-14-7-4-3-5-8-14)17-11-12-22-19(23-17)24-18-15(20)9-6-10-16(18)21/h3-12H,2,13H2,1H3,(H,22,23,24). The second-order valence-electron chi connectivity index (χ2n) is 5.46. The average Bonchev–Trinajstić information content (AvgIpc) is 2.64. The largest absolute Gasteiger partial charge is 0.352 e. The number of nitrogens with one attached hydrogen (secondary N) is 1. The van der Waals surface area contributed by atoms with Crippen LogP contribution in [0.4, 0.5) is 17.5 Å². The van der Waals surface area contributed by atoms with Crippen LogP contribution in [0, 0.1) is 0 Å². The van der Waals surface area contributed by atoms with E-state index in [-0.39, 0.29) is 0 Å². The molecule has 1 N–H and O–H groups in total. The topological polar surface area (TPSA) is 41.1 Å². The van der Waals surface area contributed by atoms with E-state index in [0.29, 0.717) is 21.7 Å². The molecule has 0 bridgehead atoms. The molecule has 0 radical (unpaired) electrons. The lowest BCUT2D eigenvalue weighted by Crippen LogP contribution is -2.23. The van der Waals surface area contributed by atoms with Gasteiger partial charge in [0.2, 0.25) is 5.95 Å². The van der Waals surface area contributed by atoms with Crippen LogP contribution in [0.1, 0.15) is 12.5 Å². The maximum Gasteiger partial charge on any atom is 0.229 e. The molecule has 128 valence electrons. The number of hydrogen-bond donors (Lipinski definition) is 1. The van der Waals surface area contributed by atoms with Crippen LogP contribution in [-0.2, 0) is 6.54 Å². The highest BCUT2D eigenvalue weighted by Crippen LogP contribution is 2.31. The van der Waals surface area contributed by atoms with Crippen molar-refractivity contribution in [3.8, 4) is 0 Å². The quantitative estimate of drug-likeness (QED) is 0.615. The minimum absolute atomic E-state index is 0.457. The lowest BCUT2D eigenvalue weighted by molar-refractivity contribution is 0.811. The third kappa shape index (κ3) is 4.41. The first kappa shape index (κ1) is 17.5. The van der Waals surface area contributed by atoms with Crippen LogP contribution in [0.25, 0.3) is 0 Å². The number of anilines is 3. The molecule has 1 aromatic heterocycles. The normalized spacial score (nSPS) is 10.5. The molecule has 3 aromatic rings. The molecule has 0 aliphatic carbocycles. The molecule has 2 aromatic carbocycles. The third-order valence-corrected chi connectivity index (χ3v) is 4.39. The van der Waals surface area contributed by atoms with Crippen LogP contribution >= 0.6 is 23.2 Å². The van der Waals surface area contributed by atoms with E-state index in [0.717, 1.165) is 18.9 Å². The molecule has 3 rings (SSSR count). The molecular formula is C19H18Cl2N4. The minimum atomic E-state index is 0.457. The Morgan fingerprint density at radius 1 is 0.960 bits per heavy atom. The summed E-state index contributed by atoms with van der Waals surface area (Å²) in [5.41, 5.74) is 1.83. The maximum atomic E-state index is 6.20. The Morgan fingerprint density at radius 2 is 1.68 bits per heavy atom. The lowest BCUT2D eigenvalue weighted by atomic mass is 10.2. The Labute approximate surface area is 157 Å². The molecule has 0 unspecified atom stereocenters. The van der Waals surface area contributed by atoms with Crippen molar-refractivity contribution in [3.05, 3.63) is 76.4 Å². The van der Waals surface area contributed by atoms with Gasteiger partial charge >= 0.3 is 0 Å². The first-order chi connectivity index (χ1) is 12.2. The van der Waals surface area contributed by atoms with E-state index in [1.54, 1.807) is 24.4 Å². The summed E-state index contributed by atoms with van der Waals surface area (Å²) in [6, 6.07) is 17.5. The molecule has 0 spiro atoms. The van der Waals surface area contributed by atoms with Crippen molar-refractivity contribution in [2.45, 2.75) is 13.5 Å². The van der Waals surface area contributed by atoms with Crippen LogP contribution in [0.5, 0.6) is 0 Å². The predicted molar refractivity (Wildman–Crippen MR) is 105 cm³/mol. The number of rotatable bonds is 6. The first-order valence-corrected chi connectivity index (χ1v) is 8.76. The Morgan fingerprint density at radius 3 is 2.36 bits per heavy atom. The van der Waals surface area contributed by atoms with Crippen molar-refractivity contribution < 1.29 is 0 Å². The van der Waals surface area contributed by atoms with Gasteiger partial charge in [0.05, 0.1) is 15.7 Å². The summed E-state index contributed by atoms with van der Waals surface area (Å²) in [7, 11) is 0. The van der Waals surface area contributed by atoms with E-state index in [9.17, 15) is 0 Å². The van der Waals surface area contributed by atoms with E-state index in [4.69, 9.17) is 23.2 Å². The summed E-state index contributed by atoms with van der Waals surface area (Å²) in [6.07, 6.45) is 1.73. The van der Waals surface area contributed by atoms with Gasteiger partial charge < -0.3 is 10.2 Å². The van der Waals surface area contributed by atoms with Gasteiger partial charge in [0.25, 0.3) is 0 Å². The Hall–Kier alpha value is -2.30. The molecule has 4 nitrogen and oxygen atoms in total. The zero-order valence-corrected chi connectivity index (χ0v) is 15.3. The number of para-hydroxylation sites is 1. The second kappa shape index (κ2) is 8.19. The highest BCUT2D eigenvalue weighted by atomic mass is 35.5. The molecule has 1 heterocycles. The smallest absolute Gasteiger partial charge is 0.229 e. The van der Waals surface area contributed by atoms with Crippen molar-refractivity contribution in [3.63, 3.8) is 0 Å². The zero-order valence-electron chi connectivity index (χ0n) is 13.8. The number of benzene rings is 2. The minimum Gasteiger partial charge on any atom is -0.352 e. The first-order valence-electron chi connectivity index (χ1n) is 8.00. The molecule has 0 saturated carbocycles. The molecule has 0 aliphatic heterocycles. The van der Waals surface area contributed by atoms with Crippen molar-refractivity contribution in [1.82, 2.24) is 9.97 Å². The number of halogens is 2. The number of aromatic nitrogens is 2. The van der Waals surface area contributed by atoms with Gasteiger partial charge in [-0.05, 0) is 30.7 Å². The summed E-state index contributed by atoms with van der Waals surface area (Å²) < 4.78 is 0.